The standard InChI is InChI=1S/C16H16N6O3/c17-15(18)22-16(19)21-11-4-2-1-3-10(11)14(23)20-9-5-6-12-13(7-9)25-8-24-12/h1-7H,8H2,(H,20,23)(H6,17,18,19,21,22). The van der Waals surface area contributed by atoms with Gasteiger partial charge in [-0.2, -0.15) is 4.99 Å². The number of rotatable bonds is 3. The van der Waals surface area contributed by atoms with E-state index in [9.17, 15) is 4.79 Å². The van der Waals surface area contributed by atoms with Gasteiger partial charge in [0.25, 0.3) is 5.91 Å². The van der Waals surface area contributed by atoms with Crippen LogP contribution >= 0.6 is 0 Å². The van der Waals surface area contributed by atoms with Crippen LogP contribution in [0.2, 0.25) is 0 Å². The lowest BCUT2D eigenvalue weighted by Gasteiger charge is -2.08. The summed E-state index contributed by atoms with van der Waals surface area (Å²) in [5, 5.41) is 2.77. The Balaban J connectivity index is 1.84. The van der Waals surface area contributed by atoms with Crippen molar-refractivity contribution in [3.63, 3.8) is 0 Å². The summed E-state index contributed by atoms with van der Waals surface area (Å²) < 4.78 is 10.5. The summed E-state index contributed by atoms with van der Waals surface area (Å²) in [5.74, 6) is 0.469. The maximum Gasteiger partial charge on any atom is 0.257 e. The Morgan fingerprint density at radius 2 is 1.80 bits per heavy atom. The number of fused-ring (bicyclic) bond motifs is 1. The molecule has 0 spiro atoms. The number of hydrogen-bond acceptors (Lipinski definition) is 4. The number of aliphatic imine (C=N–C) groups is 2. The van der Waals surface area contributed by atoms with Crippen LogP contribution in [0.25, 0.3) is 0 Å². The molecular weight excluding hydrogens is 324 g/mol. The predicted molar refractivity (Wildman–Crippen MR) is 94.1 cm³/mol. The molecule has 9 nitrogen and oxygen atoms in total. The van der Waals surface area contributed by atoms with E-state index in [0.29, 0.717) is 28.4 Å². The zero-order chi connectivity index (χ0) is 17.8. The highest BCUT2D eigenvalue weighted by atomic mass is 16.7. The van der Waals surface area contributed by atoms with E-state index in [1.165, 1.54) is 0 Å². The Kier molecular flexibility index (Phi) is 4.38. The topological polar surface area (TPSA) is 150 Å². The molecule has 2 aromatic carbocycles. The smallest absolute Gasteiger partial charge is 0.257 e. The van der Waals surface area contributed by atoms with Crippen molar-refractivity contribution in [3.8, 4) is 11.5 Å². The summed E-state index contributed by atoms with van der Waals surface area (Å²) in [5.41, 5.74) is 17.4. The first-order valence-corrected chi connectivity index (χ1v) is 7.27. The molecule has 1 aliphatic heterocycles. The molecule has 0 radical (unpaired) electrons. The van der Waals surface area contributed by atoms with Crippen LogP contribution < -0.4 is 32.0 Å². The second kappa shape index (κ2) is 6.79. The minimum atomic E-state index is -0.365. The maximum absolute atomic E-state index is 12.6. The number of hydrogen-bond donors (Lipinski definition) is 4. The van der Waals surface area contributed by atoms with Gasteiger partial charge < -0.3 is 32.0 Å². The number of nitrogens with zero attached hydrogens (tertiary/aromatic N) is 2. The van der Waals surface area contributed by atoms with Crippen molar-refractivity contribution in [3.05, 3.63) is 48.0 Å². The van der Waals surface area contributed by atoms with Gasteiger partial charge >= 0.3 is 0 Å². The van der Waals surface area contributed by atoms with E-state index in [0.717, 1.165) is 0 Å². The zero-order valence-corrected chi connectivity index (χ0v) is 13.1. The zero-order valence-electron chi connectivity index (χ0n) is 13.1. The average molecular weight is 340 g/mol. The number of ether oxygens (including phenoxy) is 2. The summed E-state index contributed by atoms with van der Waals surface area (Å²) in [6.07, 6.45) is 0. The summed E-state index contributed by atoms with van der Waals surface area (Å²) in [6, 6.07) is 11.8. The molecule has 0 saturated carbocycles. The molecule has 0 saturated heterocycles. The largest absolute Gasteiger partial charge is 0.454 e. The molecule has 1 amide bonds. The number of carbonyl (C=O) groups excluding carboxylic acids is 1. The van der Waals surface area contributed by atoms with Gasteiger partial charge in [0.2, 0.25) is 12.8 Å². The van der Waals surface area contributed by atoms with Crippen LogP contribution in [0, 0.1) is 0 Å². The molecule has 0 aliphatic carbocycles. The Morgan fingerprint density at radius 3 is 2.60 bits per heavy atom. The monoisotopic (exact) mass is 340 g/mol. The second-order valence-corrected chi connectivity index (χ2v) is 5.05. The molecule has 25 heavy (non-hydrogen) atoms. The lowest BCUT2D eigenvalue weighted by molar-refractivity contribution is 0.102. The molecule has 1 heterocycles. The first-order chi connectivity index (χ1) is 12.0. The van der Waals surface area contributed by atoms with Crippen molar-refractivity contribution in [1.29, 1.82) is 0 Å². The number of guanidine groups is 2. The molecule has 0 fully saturated rings. The van der Waals surface area contributed by atoms with Gasteiger partial charge in [-0.25, -0.2) is 4.99 Å². The Labute approximate surface area is 143 Å². The van der Waals surface area contributed by atoms with E-state index in [-0.39, 0.29) is 24.6 Å². The van der Waals surface area contributed by atoms with Crippen LogP contribution in [0.1, 0.15) is 10.4 Å². The number of para-hydroxylation sites is 1. The number of amides is 1. The van der Waals surface area contributed by atoms with Crippen molar-refractivity contribution >= 4 is 29.2 Å². The molecular formula is C16H16N6O3. The summed E-state index contributed by atoms with van der Waals surface area (Å²) >= 11 is 0. The molecule has 9 heteroatoms. The minimum absolute atomic E-state index is 0.150. The first kappa shape index (κ1) is 16.1. The van der Waals surface area contributed by atoms with Gasteiger partial charge in [0, 0.05) is 11.8 Å². The van der Waals surface area contributed by atoms with Crippen LogP contribution in [0.5, 0.6) is 11.5 Å². The molecule has 0 unspecified atom stereocenters. The molecule has 128 valence electrons. The van der Waals surface area contributed by atoms with Gasteiger partial charge in [-0.05, 0) is 24.3 Å². The van der Waals surface area contributed by atoms with Crippen molar-refractivity contribution < 1.29 is 14.3 Å². The quantitative estimate of drug-likeness (QED) is 0.481. The Hall–Kier alpha value is -3.75. The van der Waals surface area contributed by atoms with Gasteiger partial charge in [0.15, 0.2) is 17.5 Å². The molecule has 0 aromatic heterocycles. The first-order valence-electron chi connectivity index (χ1n) is 7.27. The summed E-state index contributed by atoms with van der Waals surface area (Å²) in [4.78, 5) is 20.3. The lowest BCUT2D eigenvalue weighted by Crippen LogP contribution is -2.26. The van der Waals surface area contributed by atoms with Gasteiger partial charge in [-0.15, -0.1) is 0 Å². The fraction of sp³-hybridized carbons (Fsp3) is 0.0625. The van der Waals surface area contributed by atoms with E-state index in [1.54, 1.807) is 42.5 Å². The fourth-order valence-corrected chi connectivity index (χ4v) is 2.22. The Morgan fingerprint density at radius 1 is 1.04 bits per heavy atom. The van der Waals surface area contributed by atoms with E-state index < -0.39 is 0 Å². The molecule has 0 atom stereocenters. The van der Waals surface area contributed by atoms with Crippen molar-refractivity contribution in [1.82, 2.24) is 0 Å². The average Bonchev–Trinajstić information content (AvgIpc) is 3.02. The van der Waals surface area contributed by atoms with Gasteiger partial charge in [-0.1, -0.05) is 12.1 Å². The van der Waals surface area contributed by atoms with Crippen LogP contribution in [0.15, 0.2) is 52.4 Å². The molecule has 2 aromatic rings. The SMILES string of the molecule is NC(N)=NC(N)=Nc1ccccc1C(=O)Nc1ccc2c(c1)OCO2. The molecule has 7 N–H and O–H groups in total. The van der Waals surface area contributed by atoms with Crippen LogP contribution in [-0.4, -0.2) is 24.6 Å². The number of nitrogens with two attached hydrogens (primary N) is 3. The van der Waals surface area contributed by atoms with Crippen molar-refractivity contribution in [2.24, 2.45) is 27.2 Å². The number of carbonyl (C=O) groups is 1. The number of benzene rings is 2. The number of nitrogens with one attached hydrogen (secondary N) is 1. The number of anilines is 1. The fourth-order valence-electron chi connectivity index (χ4n) is 2.22. The van der Waals surface area contributed by atoms with Gasteiger partial charge in [-0.3, -0.25) is 4.79 Å². The van der Waals surface area contributed by atoms with Gasteiger partial charge in [0.1, 0.15) is 0 Å². The highest BCUT2D eigenvalue weighted by Crippen LogP contribution is 2.34. The lowest BCUT2D eigenvalue weighted by atomic mass is 10.1. The third-order valence-electron chi connectivity index (χ3n) is 3.26. The van der Waals surface area contributed by atoms with E-state index in [1.807, 2.05) is 0 Å². The minimum Gasteiger partial charge on any atom is -0.454 e. The van der Waals surface area contributed by atoms with Crippen molar-refractivity contribution in [2.45, 2.75) is 0 Å². The summed E-state index contributed by atoms with van der Waals surface area (Å²) in [6.45, 7) is 0.161. The van der Waals surface area contributed by atoms with Gasteiger partial charge in [0.05, 0.1) is 11.3 Å². The molecule has 3 rings (SSSR count). The van der Waals surface area contributed by atoms with Crippen LogP contribution in [-0.2, 0) is 0 Å². The molecule has 1 aliphatic rings. The predicted octanol–water partition coefficient (Wildman–Crippen LogP) is 0.887. The maximum atomic E-state index is 12.6. The highest BCUT2D eigenvalue weighted by molar-refractivity contribution is 6.08. The highest BCUT2D eigenvalue weighted by Gasteiger charge is 2.16. The third kappa shape index (κ3) is 3.78. The Bertz CT molecular complexity index is 874. The molecule has 0 bridgehead atoms. The van der Waals surface area contributed by atoms with E-state index in [4.69, 9.17) is 26.7 Å². The van der Waals surface area contributed by atoms with Crippen molar-refractivity contribution in [2.75, 3.05) is 12.1 Å². The third-order valence-corrected chi connectivity index (χ3v) is 3.26. The van der Waals surface area contributed by atoms with Crippen LogP contribution in [0.3, 0.4) is 0 Å². The normalized spacial score (nSPS) is 12.6. The summed E-state index contributed by atoms with van der Waals surface area (Å²) in [7, 11) is 0. The van der Waals surface area contributed by atoms with Crippen LogP contribution in [0.4, 0.5) is 11.4 Å². The van der Waals surface area contributed by atoms with E-state index >= 15 is 0 Å². The second-order valence-electron chi connectivity index (χ2n) is 5.05. The van der Waals surface area contributed by atoms with E-state index in [2.05, 4.69) is 15.3 Å².